The van der Waals surface area contributed by atoms with Crippen LogP contribution in [0, 0.1) is 12.7 Å². The molecule has 0 spiro atoms. The van der Waals surface area contributed by atoms with E-state index < -0.39 is 25.9 Å². The van der Waals surface area contributed by atoms with E-state index >= 15 is 0 Å². The van der Waals surface area contributed by atoms with Crippen LogP contribution in [-0.2, 0) is 12.4 Å². The molecular weight excluding hydrogens is 368 g/mol. The van der Waals surface area contributed by atoms with Gasteiger partial charge < -0.3 is 0 Å². The van der Waals surface area contributed by atoms with Crippen LogP contribution in [0.1, 0.15) is 12.5 Å². The van der Waals surface area contributed by atoms with E-state index in [1.807, 2.05) is 0 Å². The van der Waals surface area contributed by atoms with Gasteiger partial charge >= 0.3 is 134 Å². The molecule has 1 atom stereocenters. The molecule has 0 saturated carbocycles. The molecule has 8 heteroatoms. The molecule has 6 nitrogen and oxygen atoms in total. The minimum atomic E-state index is -5.32. The van der Waals surface area contributed by atoms with Gasteiger partial charge in [-0.05, 0) is 0 Å². The molecular formula is C15H15AsFNO5. The maximum atomic E-state index is 13.1. The fourth-order valence-electron chi connectivity index (χ4n) is 2.26. The molecule has 1 unspecified atom stereocenters. The van der Waals surface area contributed by atoms with Crippen molar-refractivity contribution in [1.82, 2.24) is 0 Å². The van der Waals surface area contributed by atoms with E-state index in [-0.39, 0.29) is 15.6 Å². The molecule has 1 amide bonds. The average Bonchev–Trinajstić information content (AvgIpc) is 2.46. The third kappa shape index (κ3) is 3.89. The Hall–Kier alpha value is -1.92. The Kier molecular flexibility index (Phi) is 5.06. The molecule has 0 aliphatic carbocycles. The van der Waals surface area contributed by atoms with Crippen molar-refractivity contribution >= 4 is 30.1 Å². The van der Waals surface area contributed by atoms with Crippen LogP contribution < -0.4 is 9.67 Å². The van der Waals surface area contributed by atoms with Gasteiger partial charge in [0, 0.05) is 0 Å². The SMILES string of the molecule is CC(=O)Nc1cc(C)cc(-c2ccc(F)cc2)c1[As](=O)(O)OO. The molecule has 0 aliphatic heterocycles. The molecule has 2 rings (SSSR count). The Labute approximate surface area is 134 Å². The van der Waals surface area contributed by atoms with Crippen molar-refractivity contribution in [3.63, 3.8) is 0 Å². The Morgan fingerprint density at radius 3 is 2.39 bits per heavy atom. The summed E-state index contributed by atoms with van der Waals surface area (Å²) in [6.07, 6.45) is 0. The summed E-state index contributed by atoms with van der Waals surface area (Å²) in [7, 11) is 0. The van der Waals surface area contributed by atoms with E-state index in [9.17, 15) is 17.0 Å². The molecule has 0 fully saturated rings. The number of anilines is 1. The van der Waals surface area contributed by atoms with Gasteiger partial charge in [0.05, 0.1) is 0 Å². The summed E-state index contributed by atoms with van der Waals surface area (Å²) in [6, 6.07) is 8.35. The third-order valence-electron chi connectivity index (χ3n) is 3.11. The Morgan fingerprint density at radius 1 is 1.26 bits per heavy atom. The first kappa shape index (κ1) is 17.4. The van der Waals surface area contributed by atoms with E-state index in [0.717, 1.165) is 0 Å². The molecule has 0 aromatic heterocycles. The second-order valence-corrected chi connectivity index (χ2v) is 8.46. The topological polar surface area (TPSA) is 95.9 Å². The van der Waals surface area contributed by atoms with Crippen LogP contribution in [0.3, 0.4) is 0 Å². The molecule has 0 bridgehead atoms. The number of carbonyl (C=O) groups excluding carboxylic acids is 1. The molecule has 0 saturated heterocycles. The fraction of sp³-hybridized carbons (Fsp3) is 0.133. The molecule has 23 heavy (non-hydrogen) atoms. The van der Waals surface area contributed by atoms with Gasteiger partial charge in [-0.1, -0.05) is 0 Å². The average molecular weight is 383 g/mol. The minimum absolute atomic E-state index is 0.0656. The van der Waals surface area contributed by atoms with E-state index in [0.29, 0.717) is 11.1 Å². The van der Waals surface area contributed by atoms with Gasteiger partial charge in [0.25, 0.3) is 0 Å². The standard InChI is InChI=1S/C15H15AsFNO5/c1-9-7-13(11-3-5-12(17)6-4-11)15(16(20,21)23-22)14(8-9)18-10(2)19/h3-8,22H,1-2H3,(H,18,19)(H,20,21). The summed E-state index contributed by atoms with van der Waals surface area (Å²) in [6.45, 7) is 2.98. The second kappa shape index (κ2) is 6.68. The normalized spacial score (nSPS) is 13.4. The van der Waals surface area contributed by atoms with E-state index in [1.54, 1.807) is 13.0 Å². The Balaban J connectivity index is 2.78. The molecule has 0 radical (unpaired) electrons. The predicted molar refractivity (Wildman–Crippen MR) is 82.9 cm³/mol. The van der Waals surface area contributed by atoms with Crippen molar-refractivity contribution in [3.8, 4) is 11.1 Å². The third-order valence-corrected chi connectivity index (χ3v) is 5.77. The zero-order valence-corrected chi connectivity index (χ0v) is 14.3. The van der Waals surface area contributed by atoms with Crippen molar-refractivity contribution in [2.24, 2.45) is 0 Å². The van der Waals surface area contributed by atoms with Crippen LogP contribution in [0.4, 0.5) is 10.1 Å². The van der Waals surface area contributed by atoms with Crippen LogP contribution in [0.25, 0.3) is 11.1 Å². The van der Waals surface area contributed by atoms with Gasteiger partial charge in [0.15, 0.2) is 0 Å². The zero-order chi connectivity index (χ0) is 17.2. The first-order chi connectivity index (χ1) is 10.7. The molecule has 3 N–H and O–H groups in total. The summed E-state index contributed by atoms with van der Waals surface area (Å²) in [5.74, 6) is -0.906. The van der Waals surface area contributed by atoms with Crippen molar-refractivity contribution in [3.05, 3.63) is 47.8 Å². The van der Waals surface area contributed by atoms with Crippen LogP contribution in [0.5, 0.6) is 0 Å². The number of carbonyl (C=O) groups is 1. The Morgan fingerprint density at radius 2 is 1.87 bits per heavy atom. The quantitative estimate of drug-likeness (QED) is 0.425. The summed E-state index contributed by atoms with van der Waals surface area (Å²) in [5.41, 5.74) is 1.48. The van der Waals surface area contributed by atoms with Crippen LogP contribution >= 0.6 is 0 Å². The number of rotatable bonds is 4. The predicted octanol–water partition coefficient (Wildman–Crippen LogP) is 1.82. The summed E-state index contributed by atoms with van der Waals surface area (Å²) < 4.78 is 39.0. The van der Waals surface area contributed by atoms with Crippen molar-refractivity contribution < 1.29 is 26.2 Å². The number of hydrogen-bond donors (Lipinski definition) is 3. The second-order valence-electron chi connectivity index (χ2n) is 5.00. The first-order valence-electron chi connectivity index (χ1n) is 6.59. The number of benzene rings is 2. The van der Waals surface area contributed by atoms with Crippen molar-refractivity contribution in [2.45, 2.75) is 13.8 Å². The van der Waals surface area contributed by atoms with Crippen LogP contribution in [-0.4, -0.2) is 29.4 Å². The molecule has 2 aromatic carbocycles. The van der Waals surface area contributed by atoms with E-state index in [1.165, 1.54) is 37.3 Å². The van der Waals surface area contributed by atoms with Crippen molar-refractivity contribution in [1.29, 1.82) is 0 Å². The van der Waals surface area contributed by atoms with Gasteiger partial charge in [0.1, 0.15) is 0 Å². The summed E-state index contributed by atoms with van der Waals surface area (Å²) in [5, 5.41) is 11.3. The van der Waals surface area contributed by atoms with Gasteiger partial charge in [-0.3, -0.25) is 0 Å². The maximum absolute atomic E-state index is 13.1. The Bertz CT molecular complexity index is 791. The number of nitrogens with one attached hydrogen (secondary N) is 1. The van der Waals surface area contributed by atoms with E-state index in [4.69, 9.17) is 5.26 Å². The molecule has 122 valence electrons. The number of aryl methyl sites for hydroxylation is 1. The molecule has 0 heterocycles. The number of halogens is 1. The van der Waals surface area contributed by atoms with Gasteiger partial charge in [-0.2, -0.15) is 0 Å². The van der Waals surface area contributed by atoms with Crippen LogP contribution in [0.15, 0.2) is 36.4 Å². The fourth-order valence-corrected chi connectivity index (χ4v) is 4.37. The van der Waals surface area contributed by atoms with Crippen molar-refractivity contribution in [2.75, 3.05) is 5.32 Å². The van der Waals surface area contributed by atoms with Gasteiger partial charge in [-0.15, -0.1) is 0 Å². The monoisotopic (exact) mass is 383 g/mol. The first-order valence-corrected chi connectivity index (χ1v) is 9.90. The van der Waals surface area contributed by atoms with E-state index in [2.05, 4.69) is 9.19 Å². The summed E-state index contributed by atoms with van der Waals surface area (Å²) >= 11 is -5.32. The van der Waals surface area contributed by atoms with Crippen LogP contribution in [0.2, 0.25) is 0 Å². The molecule has 2 aromatic rings. The zero-order valence-electron chi connectivity index (χ0n) is 12.4. The number of hydrogen-bond acceptors (Lipinski definition) is 4. The molecule has 0 aliphatic rings. The summed E-state index contributed by atoms with van der Waals surface area (Å²) in [4.78, 5) is 11.4. The number of amides is 1. The van der Waals surface area contributed by atoms with Gasteiger partial charge in [-0.25, -0.2) is 0 Å². The van der Waals surface area contributed by atoms with Gasteiger partial charge in [0.2, 0.25) is 0 Å².